The predicted octanol–water partition coefficient (Wildman–Crippen LogP) is 2.01. The van der Waals surface area contributed by atoms with Gasteiger partial charge in [-0.15, -0.1) is 0 Å². The zero-order valence-corrected chi connectivity index (χ0v) is 6.53. The van der Waals surface area contributed by atoms with E-state index in [2.05, 4.69) is 4.98 Å². The Morgan fingerprint density at radius 1 is 1.50 bits per heavy atom. The standard InChI is InChI=1S/C9H6N2O/c1-6-3-2-4-7-9(6)11-8(5-10)12-7/h2-4H,1H3. The van der Waals surface area contributed by atoms with Crippen LogP contribution in [-0.4, -0.2) is 4.98 Å². The van der Waals surface area contributed by atoms with E-state index < -0.39 is 0 Å². The SMILES string of the molecule is Cc1cccc2oc(C#N)nc12. The highest BCUT2D eigenvalue weighted by Gasteiger charge is 2.05. The topological polar surface area (TPSA) is 49.8 Å². The number of para-hydroxylation sites is 1. The molecule has 0 fully saturated rings. The van der Waals surface area contributed by atoms with Gasteiger partial charge in [0.15, 0.2) is 11.7 Å². The monoisotopic (exact) mass is 158 g/mol. The highest BCUT2D eigenvalue weighted by Crippen LogP contribution is 2.17. The van der Waals surface area contributed by atoms with E-state index in [4.69, 9.17) is 9.68 Å². The van der Waals surface area contributed by atoms with Gasteiger partial charge < -0.3 is 4.42 Å². The minimum Gasteiger partial charge on any atom is -0.428 e. The number of oxazole rings is 1. The van der Waals surface area contributed by atoms with Gasteiger partial charge in [0.2, 0.25) is 0 Å². The number of fused-ring (bicyclic) bond motifs is 1. The molecule has 1 aromatic carbocycles. The largest absolute Gasteiger partial charge is 0.428 e. The van der Waals surface area contributed by atoms with Crippen molar-refractivity contribution in [2.24, 2.45) is 0 Å². The first-order chi connectivity index (χ1) is 5.81. The van der Waals surface area contributed by atoms with Crippen molar-refractivity contribution in [1.82, 2.24) is 4.98 Å². The lowest BCUT2D eigenvalue weighted by atomic mass is 10.2. The van der Waals surface area contributed by atoms with Crippen molar-refractivity contribution in [2.45, 2.75) is 6.92 Å². The minimum atomic E-state index is 0.124. The van der Waals surface area contributed by atoms with E-state index in [1.165, 1.54) is 0 Å². The molecule has 2 rings (SSSR count). The summed E-state index contributed by atoms with van der Waals surface area (Å²) in [7, 11) is 0. The van der Waals surface area contributed by atoms with Crippen LogP contribution in [0.4, 0.5) is 0 Å². The Morgan fingerprint density at radius 3 is 3.00 bits per heavy atom. The number of nitrogens with zero attached hydrogens (tertiary/aromatic N) is 2. The molecule has 0 spiro atoms. The van der Waals surface area contributed by atoms with Crippen LogP contribution in [0.1, 0.15) is 11.5 Å². The van der Waals surface area contributed by atoms with Crippen molar-refractivity contribution in [3.05, 3.63) is 29.7 Å². The Labute approximate surface area is 69.2 Å². The molecule has 2 aromatic rings. The van der Waals surface area contributed by atoms with Gasteiger partial charge in [0.05, 0.1) is 0 Å². The third kappa shape index (κ3) is 0.857. The normalized spacial score (nSPS) is 10.0. The molecule has 1 heterocycles. The van der Waals surface area contributed by atoms with Crippen molar-refractivity contribution in [3.8, 4) is 6.07 Å². The molecule has 3 nitrogen and oxygen atoms in total. The molecule has 0 saturated heterocycles. The molecular weight excluding hydrogens is 152 g/mol. The quantitative estimate of drug-likeness (QED) is 0.589. The van der Waals surface area contributed by atoms with E-state index in [1.807, 2.05) is 25.1 Å². The van der Waals surface area contributed by atoms with E-state index >= 15 is 0 Å². The smallest absolute Gasteiger partial charge is 0.301 e. The number of hydrogen-bond donors (Lipinski definition) is 0. The maximum atomic E-state index is 8.52. The Hall–Kier alpha value is -1.82. The Bertz CT molecular complexity index is 465. The summed E-state index contributed by atoms with van der Waals surface area (Å²) >= 11 is 0. The molecule has 0 N–H and O–H groups in total. The molecular formula is C9H6N2O. The highest BCUT2D eigenvalue weighted by molar-refractivity contribution is 5.76. The number of hydrogen-bond acceptors (Lipinski definition) is 3. The van der Waals surface area contributed by atoms with Gasteiger partial charge in [0, 0.05) is 0 Å². The average molecular weight is 158 g/mol. The van der Waals surface area contributed by atoms with Crippen molar-refractivity contribution in [3.63, 3.8) is 0 Å². The second kappa shape index (κ2) is 2.35. The van der Waals surface area contributed by atoms with E-state index in [9.17, 15) is 0 Å². The lowest BCUT2D eigenvalue weighted by Crippen LogP contribution is -1.74. The maximum absolute atomic E-state index is 8.52. The predicted molar refractivity (Wildman–Crippen MR) is 43.5 cm³/mol. The van der Waals surface area contributed by atoms with Gasteiger partial charge in [0.1, 0.15) is 5.52 Å². The van der Waals surface area contributed by atoms with Crippen molar-refractivity contribution < 1.29 is 4.42 Å². The number of aromatic nitrogens is 1. The van der Waals surface area contributed by atoms with Crippen LogP contribution in [0.5, 0.6) is 0 Å². The second-order valence-corrected chi connectivity index (χ2v) is 2.55. The first-order valence-electron chi connectivity index (χ1n) is 3.57. The van der Waals surface area contributed by atoms with Gasteiger partial charge >= 0.3 is 5.89 Å². The van der Waals surface area contributed by atoms with Gasteiger partial charge in [0.25, 0.3) is 0 Å². The average Bonchev–Trinajstić information content (AvgIpc) is 2.49. The summed E-state index contributed by atoms with van der Waals surface area (Å²) in [5.74, 6) is 0.124. The van der Waals surface area contributed by atoms with Crippen molar-refractivity contribution in [1.29, 1.82) is 5.26 Å². The van der Waals surface area contributed by atoms with Crippen molar-refractivity contribution in [2.75, 3.05) is 0 Å². The molecule has 0 atom stereocenters. The van der Waals surface area contributed by atoms with Crippen LogP contribution in [0.2, 0.25) is 0 Å². The number of nitriles is 1. The van der Waals surface area contributed by atoms with E-state index in [-0.39, 0.29) is 5.89 Å². The number of aryl methyl sites for hydroxylation is 1. The number of benzene rings is 1. The lowest BCUT2D eigenvalue weighted by Gasteiger charge is -1.88. The Kier molecular flexibility index (Phi) is 1.34. The highest BCUT2D eigenvalue weighted by atomic mass is 16.3. The fraction of sp³-hybridized carbons (Fsp3) is 0.111. The first-order valence-corrected chi connectivity index (χ1v) is 3.57. The number of rotatable bonds is 0. The third-order valence-electron chi connectivity index (χ3n) is 1.72. The van der Waals surface area contributed by atoms with Crippen LogP contribution in [0.3, 0.4) is 0 Å². The van der Waals surface area contributed by atoms with E-state index in [1.54, 1.807) is 6.07 Å². The van der Waals surface area contributed by atoms with Gasteiger partial charge in [-0.3, -0.25) is 0 Å². The van der Waals surface area contributed by atoms with Crippen molar-refractivity contribution >= 4 is 11.1 Å². The summed E-state index contributed by atoms with van der Waals surface area (Å²) in [6, 6.07) is 7.48. The zero-order valence-electron chi connectivity index (χ0n) is 6.53. The lowest BCUT2D eigenvalue weighted by molar-refractivity contribution is 0.584. The summed E-state index contributed by atoms with van der Waals surface area (Å²) in [4.78, 5) is 4.00. The zero-order chi connectivity index (χ0) is 8.55. The van der Waals surface area contributed by atoms with Crippen LogP contribution in [0.15, 0.2) is 22.6 Å². The van der Waals surface area contributed by atoms with Crippen LogP contribution in [0.25, 0.3) is 11.1 Å². The summed E-state index contributed by atoms with van der Waals surface area (Å²) in [6.07, 6.45) is 0. The van der Waals surface area contributed by atoms with Gasteiger partial charge in [-0.25, -0.2) is 0 Å². The fourth-order valence-corrected chi connectivity index (χ4v) is 1.13. The van der Waals surface area contributed by atoms with Gasteiger partial charge in [-0.2, -0.15) is 10.2 Å². The summed E-state index contributed by atoms with van der Waals surface area (Å²) < 4.78 is 5.13. The molecule has 0 radical (unpaired) electrons. The summed E-state index contributed by atoms with van der Waals surface area (Å²) in [6.45, 7) is 1.94. The molecule has 0 aliphatic rings. The molecule has 0 bridgehead atoms. The third-order valence-corrected chi connectivity index (χ3v) is 1.72. The Balaban J connectivity index is 2.85. The molecule has 0 aliphatic heterocycles. The first kappa shape index (κ1) is 6.86. The summed E-state index contributed by atoms with van der Waals surface area (Å²) in [5, 5.41) is 8.52. The van der Waals surface area contributed by atoms with Crippen LogP contribution < -0.4 is 0 Å². The summed E-state index contributed by atoms with van der Waals surface area (Å²) in [5.41, 5.74) is 2.47. The molecule has 12 heavy (non-hydrogen) atoms. The van der Waals surface area contributed by atoms with E-state index in [0.717, 1.165) is 11.1 Å². The molecule has 0 aliphatic carbocycles. The van der Waals surface area contributed by atoms with Gasteiger partial charge in [-0.05, 0) is 18.6 Å². The van der Waals surface area contributed by atoms with E-state index in [0.29, 0.717) is 5.58 Å². The molecule has 0 amide bonds. The van der Waals surface area contributed by atoms with Crippen LogP contribution in [0, 0.1) is 18.3 Å². The molecule has 3 heteroatoms. The molecule has 1 aromatic heterocycles. The molecule has 0 unspecified atom stereocenters. The maximum Gasteiger partial charge on any atom is 0.301 e. The minimum absolute atomic E-state index is 0.124. The fourth-order valence-electron chi connectivity index (χ4n) is 1.13. The van der Waals surface area contributed by atoms with Crippen LogP contribution in [-0.2, 0) is 0 Å². The molecule has 0 saturated carbocycles. The van der Waals surface area contributed by atoms with Crippen LogP contribution >= 0.6 is 0 Å². The van der Waals surface area contributed by atoms with Gasteiger partial charge in [-0.1, -0.05) is 12.1 Å². The second-order valence-electron chi connectivity index (χ2n) is 2.55. The molecule has 58 valence electrons. The Morgan fingerprint density at radius 2 is 2.33 bits per heavy atom.